The standard InChI is InChI=1S/C14H21F3O3/c1-9(2)11(18)20-12(3,10-7-5-6-8-10)13(4,19)14(15,16)17/h10,19H,1,5-8H2,2-4H3. The fourth-order valence-corrected chi connectivity index (χ4v) is 2.62. The topological polar surface area (TPSA) is 46.5 Å². The zero-order valence-electron chi connectivity index (χ0n) is 12.0. The molecule has 1 rings (SSSR count). The quantitative estimate of drug-likeness (QED) is 0.639. The molecule has 1 saturated carbocycles. The highest BCUT2D eigenvalue weighted by Crippen LogP contribution is 2.49. The van der Waals surface area contributed by atoms with Gasteiger partial charge in [0.2, 0.25) is 0 Å². The minimum Gasteiger partial charge on any atom is -0.452 e. The van der Waals surface area contributed by atoms with Gasteiger partial charge in [0.25, 0.3) is 0 Å². The first-order valence-corrected chi connectivity index (χ1v) is 6.61. The molecule has 0 aromatic rings. The van der Waals surface area contributed by atoms with Crippen LogP contribution in [0, 0.1) is 5.92 Å². The molecule has 20 heavy (non-hydrogen) atoms. The van der Waals surface area contributed by atoms with Crippen LogP contribution in [-0.4, -0.2) is 28.5 Å². The van der Waals surface area contributed by atoms with Crippen LogP contribution in [0.15, 0.2) is 12.2 Å². The third-order valence-corrected chi connectivity index (χ3v) is 4.31. The number of rotatable bonds is 4. The molecular weight excluding hydrogens is 273 g/mol. The molecule has 1 fully saturated rings. The fraction of sp³-hybridized carbons (Fsp3) is 0.786. The Morgan fingerprint density at radius 3 is 2.05 bits per heavy atom. The molecule has 0 spiro atoms. The summed E-state index contributed by atoms with van der Waals surface area (Å²) in [5, 5.41) is 10.0. The molecule has 0 amide bonds. The maximum atomic E-state index is 13.2. The van der Waals surface area contributed by atoms with E-state index in [0.29, 0.717) is 19.8 Å². The third-order valence-electron chi connectivity index (χ3n) is 4.31. The van der Waals surface area contributed by atoms with Gasteiger partial charge in [-0.2, -0.15) is 13.2 Å². The number of hydrogen-bond donors (Lipinski definition) is 1. The molecule has 2 unspecified atom stereocenters. The van der Waals surface area contributed by atoms with Gasteiger partial charge in [-0.05, 0) is 33.6 Å². The highest BCUT2D eigenvalue weighted by atomic mass is 19.4. The van der Waals surface area contributed by atoms with Crippen molar-refractivity contribution in [1.82, 2.24) is 0 Å². The largest absolute Gasteiger partial charge is 0.452 e. The zero-order chi connectivity index (χ0) is 15.8. The normalized spacial score (nSPS) is 22.9. The lowest BCUT2D eigenvalue weighted by Gasteiger charge is -2.46. The van der Waals surface area contributed by atoms with Crippen molar-refractivity contribution in [3.63, 3.8) is 0 Å². The number of alkyl halides is 3. The van der Waals surface area contributed by atoms with Crippen LogP contribution in [-0.2, 0) is 9.53 Å². The summed E-state index contributed by atoms with van der Waals surface area (Å²) in [6.07, 6.45) is -2.38. The first-order valence-electron chi connectivity index (χ1n) is 6.61. The van der Waals surface area contributed by atoms with Crippen LogP contribution in [0.2, 0.25) is 0 Å². The van der Waals surface area contributed by atoms with E-state index in [4.69, 9.17) is 4.74 Å². The van der Waals surface area contributed by atoms with Gasteiger partial charge in [-0.1, -0.05) is 19.4 Å². The maximum Gasteiger partial charge on any atom is 0.420 e. The smallest absolute Gasteiger partial charge is 0.420 e. The van der Waals surface area contributed by atoms with Gasteiger partial charge in [0, 0.05) is 11.5 Å². The Kier molecular flexibility index (Phi) is 4.58. The van der Waals surface area contributed by atoms with Crippen molar-refractivity contribution in [3.8, 4) is 0 Å². The molecule has 1 N–H and O–H groups in total. The summed E-state index contributed by atoms with van der Waals surface area (Å²) in [6.45, 7) is 6.56. The fourth-order valence-electron chi connectivity index (χ4n) is 2.62. The summed E-state index contributed by atoms with van der Waals surface area (Å²) in [7, 11) is 0. The summed E-state index contributed by atoms with van der Waals surface area (Å²) in [5.41, 5.74) is -5.12. The molecule has 0 heterocycles. The summed E-state index contributed by atoms with van der Waals surface area (Å²) < 4.78 is 44.6. The lowest BCUT2D eigenvalue weighted by Crippen LogP contribution is -2.64. The van der Waals surface area contributed by atoms with Crippen molar-refractivity contribution in [2.75, 3.05) is 0 Å². The molecule has 116 valence electrons. The van der Waals surface area contributed by atoms with Crippen LogP contribution >= 0.6 is 0 Å². The van der Waals surface area contributed by atoms with Crippen LogP contribution in [0.1, 0.15) is 46.5 Å². The number of halogens is 3. The average molecular weight is 294 g/mol. The van der Waals surface area contributed by atoms with E-state index in [1.807, 2.05) is 0 Å². The molecule has 0 aliphatic heterocycles. The van der Waals surface area contributed by atoms with E-state index in [2.05, 4.69) is 6.58 Å². The van der Waals surface area contributed by atoms with Gasteiger partial charge in [0.1, 0.15) is 5.60 Å². The van der Waals surface area contributed by atoms with Crippen molar-refractivity contribution in [1.29, 1.82) is 0 Å². The number of carbonyl (C=O) groups excluding carboxylic acids is 1. The molecule has 0 saturated heterocycles. The predicted octanol–water partition coefficient (Wildman–Crippen LogP) is 3.37. The van der Waals surface area contributed by atoms with Gasteiger partial charge >= 0.3 is 12.1 Å². The van der Waals surface area contributed by atoms with Gasteiger partial charge in [-0.15, -0.1) is 0 Å². The summed E-state index contributed by atoms with van der Waals surface area (Å²) in [6, 6.07) is 0. The number of aliphatic hydroxyl groups is 1. The monoisotopic (exact) mass is 294 g/mol. The number of esters is 1. The van der Waals surface area contributed by atoms with Crippen molar-refractivity contribution in [2.45, 2.75) is 63.8 Å². The SMILES string of the molecule is C=C(C)C(=O)OC(C)(C1CCCC1)C(C)(O)C(F)(F)F. The minimum absolute atomic E-state index is 0.00666. The summed E-state index contributed by atoms with van der Waals surface area (Å²) in [5.74, 6) is -1.44. The van der Waals surface area contributed by atoms with Gasteiger partial charge in [-0.3, -0.25) is 0 Å². The second-order valence-electron chi connectivity index (χ2n) is 5.83. The second-order valence-corrected chi connectivity index (χ2v) is 5.83. The van der Waals surface area contributed by atoms with Gasteiger partial charge in [0.15, 0.2) is 5.60 Å². The van der Waals surface area contributed by atoms with E-state index in [1.165, 1.54) is 6.92 Å². The van der Waals surface area contributed by atoms with Crippen molar-refractivity contribution >= 4 is 5.97 Å². The Labute approximate surface area is 116 Å². The number of hydrogen-bond acceptors (Lipinski definition) is 3. The number of ether oxygens (including phenoxy) is 1. The lowest BCUT2D eigenvalue weighted by molar-refractivity contribution is -0.319. The summed E-state index contributed by atoms with van der Waals surface area (Å²) >= 11 is 0. The predicted molar refractivity (Wildman–Crippen MR) is 67.9 cm³/mol. The second kappa shape index (κ2) is 5.39. The third kappa shape index (κ3) is 2.85. The highest BCUT2D eigenvalue weighted by Gasteiger charge is 2.66. The molecule has 1 aliphatic rings. The average Bonchev–Trinajstić information content (AvgIpc) is 2.80. The molecule has 2 atom stereocenters. The lowest BCUT2D eigenvalue weighted by atomic mass is 9.74. The first-order chi connectivity index (χ1) is 8.93. The van der Waals surface area contributed by atoms with E-state index < -0.39 is 29.3 Å². The van der Waals surface area contributed by atoms with E-state index in [1.54, 1.807) is 0 Å². The molecule has 0 aromatic heterocycles. The molecular formula is C14H21F3O3. The summed E-state index contributed by atoms with van der Waals surface area (Å²) in [4.78, 5) is 11.7. The minimum atomic E-state index is -4.89. The van der Waals surface area contributed by atoms with Gasteiger partial charge in [0.05, 0.1) is 0 Å². The molecule has 0 radical (unpaired) electrons. The molecule has 3 nitrogen and oxygen atoms in total. The van der Waals surface area contributed by atoms with Crippen LogP contribution < -0.4 is 0 Å². The van der Waals surface area contributed by atoms with Crippen LogP contribution in [0.25, 0.3) is 0 Å². The highest BCUT2D eigenvalue weighted by molar-refractivity contribution is 5.87. The molecule has 1 aliphatic carbocycles. The molecule has 6 heteroatoms. The number of carbonyl (C=O) groups is 1. The van der Waals surface area contributed by atoms with Crippen LogP contribution in [0.3, 0.4) is 0 Å². The molecule has 0 aromatic carbocycles. The zero-order valence-corrected chi connectivity index (χ0v) is 12.0. The first kappa shape index (κ1) is 17.0. The van der Waals surface area contributed by atoms with Crippen LogP contribution in [0.5, 0.6) is 0 Å². The van der Waals surface area contributed by atoms with Gasteiger partial charge in [-0.25, -0.2) is 4.79 Å². The Morgan fingerprint density at radius 1 is 1.25 bits per heavy atom. The van der Waals surface area contributed by atoms with Crippen LogP contribution in [0.4, 0.5) is 13.2 Å². The molecule has 0 bridgehead atoms. The Balaban J connectivity index is 3.19. The van der Waals surface area contributed by atoms with E-state index in [9.17, 15) is 23.1 Å². The van der Waals surface area contributed by atoms with E-state index in [0.717, 1.165) is 19.8 Å². The van der Waals surface area contributed by atoms with Crippen molar-refractivity contribution in [3.05, 3.63) is 12.2 Å². The van der Waals surface area contributed by atoms with Crippen molar-refractivity contribution < 1.29 is 27.8 Å². The van der Waals surface area contributed by atoms with Crippen molar-refractivity contribution in [2.24, 2.45) is 5.92 Å². The maximum absolute atomic E-state index is 13.2. The van der Waals surface area contributed by atoms with Gasteiger partial charge < -0.3 is 9.84 Å². The van der Waals surface area contributed by atoms with E-state index in [-0.39, 0.29) is 5.57 Å². The Morgan fingerprint density at radius 2 is 1.70 bits per heavy atom. The Hall–Kier alpha value is -1.04. The Bertz CT molecular complexity index is 395. The van der Waals surface area contributed by atoms with E-state index >= 15 is 0 Å².